The third-order valence-electron chi connectivity index (χ3n) is 3.27. The van der Waals surface area contributed by atoms with Gasteiger partial charge >= 0.3 is 11.9 Å². The summed E-state index contributed by atoms with van der Waals surface area (Å²) in [5.41, 5.74) is 0.337. The summed E-state index contributed by atoms with van der Waals surface area (Å²) in [6.07, 6.45) is 1.37. The van der Waals surface area contributed by atoms with Crippen molar-refractivity contribution < 1.29 is 18.9 Å². The second-order valence-electron chi connectivity index (χ2n) is 4.79. The van der Waals surface area contributed by atoms with Crippen LogP contribution in [-0.2, 0) is 11.3 Å². The van der Waals surface area contributed by atoms with Crippen LogP contribution >= 0.6 is 0 Å². The van der Waals surface area contributed by atoms with Crippen LogP contribution in [0.3, 0.4) is 0 Å². The Labute approximate surface area is 134 Å². The fraction of sp³-hybridized carbons (Fsp3) is 0.133. The highest BCUT2D eigenvalue weighted by atomic mass is 16.7. The van der Waals surface area contributed by atoms with Crippen LogP contribution in [0.25, 0.3) is 10.9 Å². The van der Waals surface area contributed by atoms with Crippen molar-refractivity contribution in [3.05, 3.63) is 69.0 Å². The normalized spacial score (nSPS) is 10.7. The Hall–Kier alpha value is -3.49. The number of nitro groups is 1. The summed E-state index contributed by atoms with van der Waals surface area (Å²) < 4.78 is 11.0. The number of ether oxygens (including phenoxy) is 1. The van der Waals surface area contributed by atoms with E-state index in [1.807, 2.05) is 0 Å². The van der Waals surface area contributed by atoms with Gasteiger partial charge in [-0.2, -0.15) is 0 Å². The summed E-state index contributed by atoms with van der Waals surface area (Å²) in [4.78, 5) is 37.9. The quantitative estimate of drug-likeness (QED) is 0.397. The van der Waals surface area contributed by atoms with Crippen molar-refractivity contribution in [3.8, 4) is 0 Å². The molecule has 3 rings (SSSR count). The Bertz CT molecular complexity index is 974. The minimum Gasteiger partial charge on any atom is -0.458 e. The second-order valence-corrected chi connectivity index (χ2v) is 4.79. The number of furan rings is 1. The molecule has 9 heteroatoms. The molecular formula is C15H11N3O6. The van der Waals surface area contributed by atoms with Crippen LogP contribution in [-0.4, -0.2) is 27.1 Å². The number of nitrogens with zero attached hydrogens (tertiary/aromatic N) is 3. The first kappa shape index (κ1) is 15.4. The molecule has 0 bridgehead atoms. The van der Waals surface area contributed by atoms with Crippen molar-refractivity contribution >= 4 is 22.8 Å². The van der Waals surface area contributed by atoms with E-state index in [0.29, 0.717) is 10.9 Å². The first-order chi connectivity index (χ1) is 11.6. The number of fused-ring (bicyclic) bond motifs is 1. The number of hydrogen-bond acceptors (Lipinski definition) is 7. The molecule has 24 heavy (non-hydrogen) atoms. The SMILES string of the molecule is O=C(OCCn1cnc2ccccc2c1=O)c1ccc([N+](=O)[O-])o1. The summed E-state index contributed by atoms with van der Waals surface area (Å²) in [5, 5.41) is 11.0. The monoisotopic (exact) mass is 329 g/mol. The molecule has 1 aromatic carbocycles. The molecule has 0 radical (unpaired) electrons. The van der Waals surface area contributed by atoms with Crippen LogP contribution in [0, 0.1) is 10.1 Å². The highest BCUT2D eigenvalue weighted by Gasteiger charge is 2.18. The maximum Gasteiger partial charge on any atom is 0.433 e. The lowest BCUT2D eigenvalue weighted by Crippen LogP contribution is -2.23. The van der Waals surface area contributed by atoms with E-state index in [2.05, 4.69) is 4.98 Å². The highest BCUT2D eigenvalue weighted by molar-refractivity contribution is 5.86. The number of carbonyl (C=O) groups excluding carboxylic acids is 1. The third-order valence-corrected chi connectivity index (χ3v) is 3.27. The average Bonchev–Trinajstić information content (AvgIpc) is 3.07. The Kier molecular flexibility index (Phi) is 4.06. The molecule has 2 aromatic heterocycles. The molecule has 0 fully saturated rings. The average molecular weight is 329 g/mol. The van der Waals surface area contributed by atoms with Gasteiger partial charge in [0.15, 0.2) is 0 Å². The van der Waals surface area contributed by atoms with Gasteiger partial charge in [-0.05, 0) is 18.2 Å². The molecule has 0 aliphatic carbocycles. The standard InChI is InChI=1S/C15H11N3O6/c19-14-10-3-1-2-4-11(10)16-9-17(14)7-8-23-15(20)12-5-6-13(24-12)18(21)22/h1-6,9H,7-8H2. The fourth-order valence-electron chi connectivity index (χ4n) is 2.11. The molecule has 3 aromatic rings. The van der Waals surface area contributed by atoms with Crippen LogP contribution in [0.1, 0.15) is 10.6 Å². The predicted molar refractivity (Wildman–Crippen MR) is 81.6 cm³/mol. The molecule has 0 aliphatic rings. The number of benzene rings is 1. The molecule has 9 nitrogen and oxygen atoms in total. The van der Waals surface area contributed by atoms with Gasteiger partial charge < -0.3 is 9.15 Å². The third kappa shape index (κ3) is 3.00. The summed E-state index contributed by atoms with van der Waals surface area (Å²) in [6, 6.07) is 9.13. The lowest BCUT2D eigenvalue weighted by atomic mass is 10.2. The van der Waals surface area contributed by atoms with Crippen LogP contribution in [0.5, 0.6) is 0 Å². The Morgan fingerprint density at radius 3 is 2.83 bits per heavy atom. The van der Waals surface area contributed by atoms with Crippen LogP contribution in [0.2, 0.25) is 0 Å². The van der Waals surface area contributed by atoms with E-state index in [-0.39, 0.29) is 24.5 Å². The molecule has 2 heterocycles. The number of hydrogen-bond donors (Lipinski definition) is 0. The highest BCUT2D eigenvalue weighted by Crippen LogP contribution is 2.16. The van der Waals surface area contributed by atoms with Gasteiger partial charge in [0.1, 0.15) is 11.5 Å². The molecule has 0 saturated heterocycles. The Morgan fingerprint density at radius 2 is 2.08 bits per heavy atom. The molecule has 0 saturated carbocycles. The molecular weight excluding hydrogens is 318 g/mol. The van der Waals surface area contributed by atoms with E-state index in [4.69, 9.17) is 9.15 Å². The van der Waals surface area contributed by atoms with Gasteiger partial charge in [0.2, 0.25) is 5.76 Å². The van der Waals surface area contributed by atoms with Gasteiger partial charge in [0.25, 0.3) is 5.56 Å². The van der Waals surface area contributed by atoms with E-state index in [1.165, 1.54) is 10.9 Å². The van der Waals surface area contributed by atoms with Crippen molar-refractivity contribution in [2.24, 2.45) is 0 Å². The number of rotatable bonds is 5. The zero-order valence-electron chi connectivity index (χ0n) is 12.2. The topological polar surface area (TPSA) is 117 Å². The zero-order chi connectivity index (χ0) is 17.1. The summed E-state index contributed by atoms with van der Waals surface area (Å²) in [6.45, 7) is -0.00152. The number of carbonyl (C=O) groups is 1. The Morgan fingerprint density at radius 1 is 1.29 bits per heavy atom. The van der Waals surface area contributed by atoms with Crippen molar-refractivity contribution in [1.82, 2.24) is 9.55 Å². The van der Waals surface area contributed by atoms with Crippen molar-refractivity contribution in [1.29, 1.82) is 0 Å². The van der Waals surface area contributed by atoms with Gasteiger partial charge in [-0.25, -0.2) is 9.78 Å². The van der Waals surface area contributed by atoms with Gasteiger partial charge in [0.05, 0.1) is 29.8 Å². The second kappa shape index (κ2) is 6.32. The minimum atomic E-state index is -0.843. The van der Waals surface area contributed by atoms with Crippen LogP contribution < -0.4 is 5.56 Å². The van der Waals surface area contributed by atoms with Gasteiger partial charge in [-0.15, -0.1) is 0 Å². The van der Waals surface area contributed by atoms with Gasteiger partial charge in [-0.3, -0.25) is 19.5 Å². The molecule has 0 unspecified atom stereocenters. The van der Waals surface area contributed by atoms with E-state index >= 15 is 0 Å². The van der Waals surface area contributed by atoms with Crippen molar-refractivity contribution in [2.75, 3.05) is 6.61 Å². The van der Waals surface area contributed by atoms with E-state index in [0.717, 1.165) is 12.1 Å². The molecule has 0 spiro atoms. The molecule has 0 amide bonds. The van der Waals surface area contributed by atoms with Gasteiger partial charge in [-0.1, -0.05) is 12.1 Å². The molecule has 0 N–H and O–H groups in total. The van der Waals surface area contributed by atoms with Crippen molar-refractivity contribution in [2.45, 2.75) is 6.54 Å². The maximum atomic E-state index is 12.2. The summed E-state index contributed by atoms with van der Waals surface area (Å²) in [5.74, 6) is -1.66. The predicted octanol–water partition coefficient (Wildman–Crippen LogP) is 1.75. The maximum absolute atomic E-state index is 12.2. The van der Waals surface area contributed by atoms with Gasteiger partial charge in [0, 0.05) is 0 Å². The summed E-state index contributed by atoms with van der Waals surface area (Å²) in [7, 11) is 0. The lowest BCUT2D eigenvalue weighted by Gasteiger charge is -2.06. The Balaban J connectivity index is 1.66. The lowest BCUT2D eigenvalue weighted by molar-refractivity contribution is -0.402. The zero-order valence-corrected chi connectivity index (χ0v) is 12.2. The van der Waals surface area contributed by atoms with E-state index in [9.17, 15) is 19.7 Å². The molecule has 122 valence electrons. The fourth-order valence-corrected chi connectivity index (χ4v) is 2.11. The van der Waals surface area contributed by atoms with E-state index in [1.54, 1.807) is 24.3 Å². The number of esters is 1. The number of aromatic nitrogens is 2. The largest absolute Gasteiger partial charge is 0.458 e. The minimum absolute atomic E-state index is 0.102. The first-order valence-corrected chi connectivity index (χ1v) is 6.92. The smallest absolute Gasteiger partial charge is 0.433 e. The van der Waals surface area contributed by atoms with Crippen LogP contribution in [0.15, 0.2) is 51.9 Å². The van der Waals surface area contributed by atoms with E-state index < -0.39 is 16.8 Å². The molecule has 0 aliphatic heterocycles. The summed E-state index contributed by atoms with van der Waals surface area (Å²) >= 11 is 0. The van der Waals surface area contributed by atoms with Crippen LogP contribution in [0.4, 0.5) is 5.88 Å². The first-order valence-electron chi connectivity index (χ1n) is 6.92. The molecule has 0 atom stereocenters. The number of para-hydroxylation sites is 1. The van der Waals surface area contributed by atoms with Crippen molar-refractivity contribution in [3.63, 3.8) is 0 Å².